The Labute approximate surface area is 117 Å². The summed E-state index contributed by atoms with van der Waals surface area (Å²) in [6.07, 6.45) is 5.29. The molecule has 0 aromatic carbocycles. The molecule has 2 rings (SSSR count). The molecule has 0 aromatic rings. The quantitative estimate of drug-likeness (QED) is 0.849. The molecular formula is C15H30N2O2. The van der Waals surface area contributed by atoms with E-state index in [4.69, 9.17) is 15.2 Å². The Kier molecular flexibility index (Phi) is 4.56. The fourth-order valence-electron chi connectivity index (χ4n) is 4.05. The highest BCUT2D eigenvalue weighted by molar-refractivity contribution is 5.04. The van der Waals surface area contributed by atoms with Crippen molar-refractivity contribution in [1.82, 2.24) is 4.90 Å². The molecule has 1 heterocycles. The Balaban J connectivity index is 2.23. The molecule has 4 nitrogen and oxygen atoms in total. The Hall–Kier alpha value is -0.160. The van der Waals surface area contributed by atoms with E-state index in [1.54, 1.807) is 0 Å². The second-order valence-corrected chi connectivity index (χ2v) is 6.85. The molecule has 112 valence electrons. The molecule has 1 aliphatic carbocycles. The van der Waals surface area contributed by atoms with Crippen LogP contribution in [0, 0.1) is 0 Å². The lowest BCUT2D eigenvalue weighted by atomic mass is 9.76. The van der Waals surface area contributed by atoms with Gasteiger partial charge in [0.2, 0.25) is 0 Å². The number of rotatable bonds is 3. The van der Waals surface area contributed by atoms with Crippen LogP contribution in [0.25, 0.3) is 0 Å². The van der Waals surface area contributed by atoms with Crippen molar-refractivity contribution in [1.29, 1.82) is 0 Å². The van der Waals surface area contributed by atoms with E-state index in [0.29, 0.717) is 6.54 Å². The molecule has 1 saturated carbocycles. The maximum absolute atomic E-state index is 6.21. The van der Waals surface area contributed by atoms with Crippen molar-refractivity contribution < 1.29 is 9.47 Å². The highest BCUT2D eigenvalue weighted by Crippen LogP contribution is 2.38. The number of nitrogens with zero attached hydrogens (tertiary/aromatic N) is 1. The maximum Gasteiger partial charge on any atom is 0.0767 e. The van der Waals surface area contributed by atoms with Gasteiger partial charge in [-0.25, -0.2) is 0 Å². The fourth-order valence-corrected chi connectivity index (χ4v) is 4.05. The van der Waals surface area contributed by atoms with Gasteiger partial charge in [-0.05, 0) is 33.6 Å². The van der Waals surface area contributed by atoms with Gasteiger partial charge in [-0.3, -0.25) is 4.90 Å². The average Bonchev–Trinajstić information content (AvgIpc) is 2.36. The van der Waals surface area contributed by atoms with E-state index in [0.717, 1.165) is 25.9 Å². The molecule has 2 N–H and O–H groups in total. The van der Waals surface area contributed by atoms with Gasteiger partial charge in [0.15, 0.2) is 0 Å². The SMILES string of the molecule is COC1CCCCC1(CN)N1CC(C)OC(C)(C)C1. The van der Waals surface area contributed by atoms with Gasteiger partial charge < -0.3 is 15.2 Å². The van der Waals surface area contributed by atoms with E-state index < -0.39 is 0 Å². The zero-order valence-electron chi connectivity index (χ0n) is 12.9. The molecular weight excluding hydrogens is 240 g/mol. The van der Waals surface area contributed by atoms with Gasteiger partial charge in [-0.15, -0.1) is 0 Å². The largest absolute Gasteiger partial charge is 0.379 e. The lowest BCUT2D eigenvalue weighted by molar-refractivity contribution is -0.178. The minimum Gasteiger partial charge on any atom is -0.379 e. The van der Waals surface area contributed by atoms with Crippen LogP contribution in [0.3, 0.4) is 0 Å². The van der Waals surface area contributed by atoms with Crippen molar-refractivity contribution in [3.63, 3.8) is 0 Å². The van der Waals surface area contributed by atoms with Crippen molar-refractivity contribution in [2.24, 2.45) is 5.73 Å². The monoisotopic (exact) mass is 270 g/mol. The predicted molar refractivity (Wildman–Crippen MR) is 77.2 cm³/mol. The van der Waals surface area contributed by atoms with Crippen LogP contribution >= 0.6 is 0 Å². The zero-order chi connectivity index (χ0) is 14.1. The van der Waals surface area contributed by atoms with E-state index in [1.807, 2.05) is 7.11 Å². The summed E-state index contributed by atoms with van der Waals surface area (Å²) in [5.74, 6) is 0. The Bertz CT molecular complexity index is 309. The van der Waals surface area contributed by atoms with Gasteiger partial charge >= 0.3 is 0 Å². The third kappa shape index (κ3) is 2.97. The summed E-state index contributed by atoms with van der Waals surface area (Å²) >= 11 is 0. The van der Waals surface area contributed by atoms with E-state index in [-0.39, 0.29) is 23.3 Å². The van der Waals surface area contributed by atoms with Crippen LogP contribution in [0.15, 0.2) is 0 Å². The van der Waals surface area contributed by atoms with Crippen molar-refractivity contribution in [2.45, 2.75) is 69.8 Å². The molecule has 0 aromatic heterocycles. The van der Waals surface area contributed by atoms with Crippen LogP contribution < -0.4 is 5.73 Å². The minimum atomic E-state index is -0.102. The summed E-state index contributed by atoms with van der Waals surface area (Å²) in [6.45, 7) is 9.07. The van der Waals surface area contributed by atoms with Gasteiger partial charge in [0.25, 0.3) is 0 Å². The number of methoxy groups -OCH3 is 1. The molecule has 0 spiro atoms. The topological polar surface area (TPSA) is 47.7 Å². The van der Waals surface area contributed by atoms with Crippen LogP contribution in [0.2, 0.25) is 0 Å². The lowest BCUT2D eigenvalue weighted by Gasteiger charge is -2.55. The van der Waals surface area contributed by atoms with Crippen molar-refractivity contribution in [3.8, 4) is 0 Å². The van der Waals surface area contributed by atoms with Crippen LogP contribution in [0.4, 0.5) is 0 Å². The Morgan fingerprint density at radius 1 is 1.37 bits per heavy atom. The zero-order valence-corrected chi connectivity index (χ0v) is 12.9. The molecule has 1 aliphatic heterocycles. The lowest BCUT2D eigenvalue weighted by Crippen LogP contribution is -2.68. The predicted octanol–water partition coefficient (Wildman–Crippen LogP) is 1.77. The van der Waals surface area contributed by atoms with Crippen LogP contribution in [-0.4, -0.2) is 55.0 Å². The summed E-state index contributed by atoms with van der Waals surface area (Å²) in [4.78, 5) is 2.55. The number of ether oxygens (including phenoxy) is 2. The highest BCUT2D eigenvalue weighted by Gasteiger charge is 2.48. The summed E-state index contributed by atoms with van der Waals surface area (Å²) in [5.41, 5.74) is 6.11. The van der Waals surface area contributed by atoms with Crippen LogP contribution in [0.5, 0.6) is 0 Å². The first kappa shape index (κ1) is 15.2. The smallest absolute Gasteiger partial charge is 0.0767 e. The molecule has 0 amide bonds. The number of hydrogen-bond donors (Lipinski definition) is 1. The molecule has 0 radical (unpaired) electrons. The van der Waals surface area contributed by atoms with Crippen molar-refractivity contribution in [3.05, 3.63) is 0 Å². The molecule has 3 unspecified atom stereocenters. The minimum absolute atomic E-state index is 0.00229. The van der Waals surface area contributed by atoms with E-state index in [9.17, 15) is 0 Å². The van der Waals surface area contributed by atoms with E-state index in [2.05, 4.69) is 25.7 Å². The summed E-state index contributed by atoms with van der Waals surface area (Å²) in [6, 6.07) is 0. The summed E-state index contributed by atoms with van der Waals surface area (Å²) < 4.78 is 11.8. The first-order chi connectivity index (χ1) is 8.93. The fraction of sp³-hybridized carbons (Fsp3) is 1.00. The number of morpholine rings is 1. The maximum atomic E-state index is 6.21. The Morgan fingerprint density at radius 3 is 2.68 bits per heavy atom. The summed E-state index contributed by atoms with van der Waals surface area (Å²) in [7, 11) is 1.83. The molecule has 0 bridgehead atoms. The Morgan fingerprint density at radius 2 is 2.11 bits per heavy atom. The van der Waals surface area contributed by atoms with Crippen LogP contribution in [0.1, 0.15) is 46.5 Å². The summed E-state index contributed by atoms with van der Waals surface area (Å²) in [5, 5.41) is 0. The first-order valence-corrected chi connectivity index (χ1v) is 7.59. The highest BCUT2D eigenvalue weighted by atomic mass is 16.5. The van der Waals surface area contributed by atoms with E-state index in [1.165, 1.54) is 12.8 Å². The third-order valence-corrected chi connectivity index (χ3v) is 4.76. The van der Waals surface area contributed by atoms with Gasteiger partial charge in [-0.1, -0.05) is 12.8 Å². The van der Waals surface area contributed by atoms with E-state index >= 15 is 0 Å². The van der Waals surface area contributed by atoms with Crippen molar-refractivity contribution in [2.75, 3.05) is 26.7 Å². The molecule has 3 atom stereocenters. The molecule has 1 saturated heterocycles. The van der Waals surface area contributed by atoms with Gasteiger partial charge in [0.05, 0.1) is 23.3 Å². The first-order valence-electron chi connectivity index (χ1n) is 7.59. The average molecular weight is 270 g/mol. The van der Waals surface area contributed by atoms with Crippen LogP contribution in [-0.2, 0) is 9.47 Å². The standard InChI is InChI=1S/C15H30N2O2/c1-12-9-17(11-14(2,3)19-12)15(10-16)8-6-5-7-13(15)18-4/h12-13H,5-11,16H2,1-4H3. The van der Waals surface area contributed by atoms with Gasteiger partial charge in [0, 0.05) is 26.7 Å². The molecule has 2 fully saturated rings. The van der Waals surface area contributed by atoms with Gasteiger partial charge in [0.1, 0.15) is 0 Å². The second-order valence-electron chi connectivity index (χ2n) is 6.85. The number of hydrogen-bond acceptors (Lipinski definition) is 4. The van der Waals surface area contributed by atoms with Gasteiger partial charge in [-0.2, -0.15) is 0 Å². The normalized spacial score (nSPS) is 40.3. The van der Waals surface area contributed by atoms with Crippen molar-refractivity contribution >= 4 is 0 Å². The molecule has 19 heavy (non-hydrogen) atoms. The number of nitrogens with two attached hydrogens (primary N) is 1. The third-order valence-electron chi connectivity index (χ3n) is 4.76. The second kappa shape index (κ2) is 5.68. The molecule has 2 aliphatic rings. The molecule has 4 heteroatoms.